The minimum atomic E-state index is -0.361. The number of carbonyl (C=O) groups excluding carboxylic acids is 1. The zero-order chi connectivity index (χ0) is 12.6. The molecule has 2 heteroatoms. The number of allylic oxidation sites excluding steroid dienone is 2. The number of hydrogen-bond donors (Lipinski definition) is 0. The van der Waals surface area contributed by atoms with Gasteiger partial charge in [-0.2, -0.15) is 0 Å². The zero-order valence-corrected chi connectivity index (χ0v) is 11.4. The predicted octanol–water partition coefficient (Wildman–Crippen LogP) is 4.10. The molecule has 1 atom stereocenters. The van der Waals surface area contributed by atoms with E-state index in [1.54, 1.807) is 0 Å². The van der Waals surface area contributed by atoms with Crippen LogP contribution >= 0.6 is 0 Å². The molecular formula is C14H26O2. The Morgan fingerprint density at radius 3 is 2.56 bits per heavy atom. The lowest BCUT2D eigenvalue weighted by Crippen LogP contribution is -2.28. The van der Waals surface area contributed by atoms with E-state index in [1.165, 1.54) is 19.8 Å². The summed E-state index contributed by atoms with van der Waals surface area (Å²) >= 11 is 0. The highest BCUT2D eigenvalue weighted by molar-refractivity contribution is 5.66. The molecule has 0 amide bonds. The summed E-state index contributed by atoms with van der Waals surface area (Å²) in [7, 11) is 0. The van der Waals surface area contributed by atoms with E-state index in [0.29, 0.717) is 5.92 Å². The van der Waals surface area contributed by atoms with E-state index in [1.807, 2.05) is 13.8 Å². The maximum Gasteiger partial charge on any atom is 0.303 e. The lowest BCUT2D eigenvalue weighted by atomic mass is 9.94. The normalized spacial score (nSPS) is 14.1. The van der Waals surface area contributed by atoms with Crippen LogP contribution in [0.4, 0.5) is 0 Å². The van der Waals surface area contributed by atoms with Crippen LogP contribution in [-0.2, 0) is 9.53 Å². The molecule has 0 saturated heterocycles. The van der Waals surface area contributed by atoms with E-state index in [2.05, 4.69) is 26.0 Å². The molecular weight excluding hydrogens is 200 g/mol. The lowest BCUT2D eigenvalue weighted by Gasteiger charge is -2.26. The molecule has 0 aliphatic carbocycles. The minimum Gasteiger partial charge on any atom is -0.460 e. The van der Waals surface area contributed by atoms with E-state index in [0.717, 1.165) is 12.8 Å². The van der Waals surface area contributed by atoms with Crippen molar-refractivity contribution >= 4 is 5.97 Å². The largest absolute Gasteiger partial charge is 0.460 e. The zero-order valence-electron chi connectivity index (χ0n) is 11.4. The lowest BCUT2D eigenvalue weighted by molar-refractivity contribution is -0.154. The number of rotatable bonds is 7. The number of ether oxygens (including phenoxy) is 1. The second-order valence-electron chi connectivity index (χ2n) is 5.11. The van der Waals surface area contributed by atoms with Crippen LogP contribution in [0.5, 0.6) is 0 Å². The van der Waals surface area contributed by atoms with Gasteiger partial charge in [0.15, 0.2) is 0 Å². The maximum absolute atomic E-state index is 10.9. The molecule has 0 aromatic heterocycles. The molecule has 0 aliphatic heterocycles. The quantitative estimate of drug-likeness (QED) is 0.371. The molecule has 0 radical (unpaired) electrons. The molecule has 94 valence electrons. The average Bonchev–Trinajstić information content (AvgIpc) is 2.09. The van der Waals surface area contributed by atoms with Gasteiger partial charge in [-0.25, -0.2) is 0 Å². The topological polar surface area (TPSA) is 26.3 Å². The SMILES string of the molecule is CCCC/C=C\C(C)CC(C)(C)OC(C)=O. The summed E-state index contributed by atoms with van der Waals surface area (Å²) in [6.45, 7) is 9.74. The fourth-order valence-corrected chi connectivity index (χ4v) is 1.92. The summed E-state index contributed by atoms with van der Waals surface area (Å²) in [6.07, 6.45) is 8.96. The van der Waals surface area contributed by atoms with Crippen LogP contribution in [0.3, 0.4) is 0 Å². The van der Waals surface area contributed by atoms with Gasteiger partial charge in [-0.3, -0.25) is 4.79 Å². The van der Waals surface area contributed by atoms with Crippen molar-refractivity contribution < 1.29 is 9.53 Å². The van der Waals surface area contributed by atoms with Crippen LogP contribution in [0, 0.1) is 5.92 Å². The summed E-state index contributed by atoms with van der Waals surface area (Å²) in [4.78, 5) is 10.9. The third-order valence-corrected chi connectivity index (χ3v) is 2.42. The molecule has 2 nitrogen and oxygen atoms in total. The van der Waals surface area contributed by atoms with Crippen LogP contribution in [-0.4, -0.2) is 11.6 Å². The minimum absolute atomic E-state index is 0.202. The Hall–Kier alpha value is -0.790. The van der Waals surface area contributed by atoms with Gasteiger partial charge in [0.2, 0.25) is 0 Å². The second-order valence-corrected chi connectivity index (χ2v) is 5.11. The average molecular weight is 226 g/mol. The summed E-state index contributed by atoms with van der Waals surface area (Å²) in [5, 5.41) is 0. The van der Waals surface area contributed by atoms with Crippen molar-refractivity contribution in [3.05, 3.63) is 12.2 Å². The monoisotopic (exact) mass is 226 g/mol. The van der Waals surface area contributed by atoms with Gasteiger partial charge in [-0.15, -0.1) is 0 Å². The van der Waals surface area contributed by atoms with Gasteiger partial charge in [0, 0.05) is 6.92 Å². The first kappa shape index (κ1) is 15.2. The van der Waals surface area contributed by atoms with Crippen LogP contribution in [0.25, 0.3) is 0 Å². The molecule has 0 bridgehead atoms. The smallest absolute Gasteiger partial charge is 0.303 e. The fourth-order valence-electron chi connectivity index (χ4n) is 1.92. The van der Waals surface area contributed by atoms with Crippen molar-refractivity contribution in [1.82, 2.24) is 0 Å². The van der Waals surface area contributed by atoms with Crippen molar-refractivity contribution in [3.63, 3.8) is 0 Å². The predicted molar refractivity (Wildman–Crippen MR) is 68.3 cm³/mol. The first-order valence-corrected chi connectivity index (χ1v) is 6.23. The highest BCUT2D eigenvalue weighted by Gasteiger charge is 2.22. The molecule has 0 spiro atoms. The van der Waals surface area contributed by atoms with Gasteiger partial charge < -0.3 is 4.74 Å². The van der Waals surface area contributed by atoms with Gasteiger partial charge >= 0.3 is 5.97 Å². The first-order valence-electron chi connectivity index (χ1n) is 6.23. The van der Waals surface area contributed by atoms with E-state index >= 15 is 0 Å². The number of carbonyl (C=O) groups is 1. The first-order chi connectivity index (χ1) is 7.37. The summed E-state index contributed by atoms with van der Waals surface area (Å²) < 4.78 is 5.26. The van der Waals surface area contributed by atoms with Gasteiger partial charge in [-0.1, -0.05) is 38.8 Å². The van der Waals surface area contributed by atoms with Crippen molar-refractivity contribution in [3.8, 4) is 0 Å². The molecule has 0 rings (SSSR count). The second kappa shape index (κ2) is 7.48. The van der Waals surface area contributed by atoms with E-state index in [-0.39, 0.29) is 11.6 Å². The van der Waals surface area contributed by atoms with Gasteiger partial charge in [0.1, 0.15) is 5.60 Å². The Labute approximate surface area is 100 Å². The molecule has 0 fully saturated rings. The van der Waals surface area contributed by atoms with Crippen LogP contribution in [0.15, 0.2) is 12.2 Å². The number of unbranched alkanes of at least 4 members (excludes halogenated alkanes) is 2. The Balaban J connectivity index is 3.97. The summed E-state index contributed by atoms with van der Waals surface area (Å²) in [6, 6.07) is 0. The molecule has 1 unspecified atom stereocenters. The highest BCUT2D eigenvalue weighted by Crippen LogP contribution is 2.21. The Bertz CT molecular complexity index is 229. The van der Waals surface area contributed by atoms with E-state index in [4.69, 9.17) is 4.74 Å². The van der Waals surface area contributed by atoms with Gasteiger partial charge in [-0.05, 0) is 32.6 Å². The van der Waals surface area contributed by atoms with E-state index in [9.17, 15) is 4.79 Å². The Morgan fingerprint density at radius 2 is 2.06 bits per heavy atom. The van der Waals surface area contributed by atoms with Gasteiger partial charge in [0.05, 0.1) is 0 Å². The van der Waals surface area contributed by atoms with Crippen LogP contribution < -0.4 is 0 Å². The van der Waals surface area contributed by atoms with Crippen molar-refractivity contribution in [2.24, 2.45) is 5.92 Å². The molecule has 0 aliphatic rings. The standard InChI is InChI=1S/C14H26O2/c1-6-7-8-9-10-12(2)11-14(4,5)16-13(3)15/h9-10,12H,6-8,11H2,1-5H3/b10-9-. The highest BCUT2D eigenvalue weighted by atomic mass is 16.6. The van der Waals surface area contributed by atoms with Crippen molar-refractivity contribution in [2.45, 2.75) is 65.9 Å². The van der Waals surface area contributed by atoms with Crippen LogP contribution in [0.2, 0.25) is 0 Å². The molecule has 16 heavy (non-hydrogen) atoms. The van der Waals surface area contributed by atoms with Crippen molar-refractivity contribution in [1.29, 1.82) is 0 Å². The van der Waals surface area contributed by atoms with E-state index < -0.39 is 0 Å². The maximum atomic E-state index is 10.9. The molecule has 0 aromatic rings. The van der Waals surface area contributed by atoms with Crippen molar-refractivity contribution in [2.75, 3.05) is 0 Å². The van der Waals surface area contributed by atoms with Crippen LogP contribution in [0.1, 0.15) is 60.3 Å². The molecule has 0 saturated carbocycles. The Morgan fingerprint density at radius 1 is 1.44 bits per heavy atom. The summed E-state index contributed by atoms with van der Waals surface area (Å²) in [5.41, 5.74) is -0.361. The molecule has 0 aromatic carbocycles. The molecule has 0 N–H and O–H groups in total. The number of hydrogen-bond acceptors (Lipinski definition) is 2. The third kappa shape index (κ3) is 8.51. The number of esters is 1. The third-order valence-electron chi connectivity index (χ3n) is 2.42. The Kier molecular flexibility index (Phi) is 7.11. The summed E-state index contributed by atoms with van der Waals surface area (Å²) in [5.74, 6) is 0.248. The van der Waals surface area contributed by atoms with Gasteiger partial charge in [0.25, 0.3) is 0 Å². The fraction of sp³-hybridized carbons (Fsp3) is 0.786. The molecule has 0 heterocycles.